The molecule has 0 saturated carbocycles. The number of methoxy groups -OCH3 is 1. The Morgan fingerprint density at radius 3 is 2.70 bits per heavy atom. The quantitative estimate of drug-likeness (QED) is 0.492. The summed E-state index contributed by atoms with van der Waals surface area (Å²) in [4.78, 5) is 31.6. The number of carbonyl (C=O) groups excluding carboxylic acids is 1. The number of hydrogen-bond donors (Lipinski definition) is 0. The maximum atomic E-state index is 13.6. The monoisotopic (exact) mass is 502 g/mol. The minimum absolute atomic E-state index is 0.198. The Morgan fingerprint density at radius 2 is 2.00 bits per heavy atom. The number of benzene rings is 2. The van der Waals surface area contributed by atoms with Gasteiger partial charge in [0.15, 0.2) is 4.80 Å². The highest BCUT2D eigenvalue weighted by Gasteiger charge is 2.34. The fourth-order valence-electron chi connectivity index (χ4n) is 3.74. The average molecular weight is 503 g/mol. The molecule has 4 rings (SSSR count). The summed E-state index contributed by atoms with van der Waals surface area (Å²) in [6.45, 7) is 3.66. The highest BCUT2D eigenvalue weighted by Crippen LogP contribution is 2.34. The highest BCUT2D eigenvalue weighted by molar-refractivity contribution is 7.07. The van der Waals surface area contributed by atoms with E-state index in [1.165, 1.54) is 15.9 Å². The van der Waals surface area contributed by atoms with E-state index in [1.54, 1.807) is 63.4 Å². The molecule has 1 atom stereocenters. The van der Waals surface area contributed by atoms with Crippen LogP contribution in [0, 0.1) is 0 Å². The third-order valence-electron chi connectivity index (χ3n) is 5.20. The largest absolute Gasteiger partial charge is 0.496 e. The molecule has 0 unspecified atom stereocenters. The van der Waals surface area contributed by atoms with E-state index in [0.717, 1.165) is 0 Å². The molecule has 1 aliphatic rings. The van der Waals surface area contributed by atoms with Gasteiger partial charge >= 0.3 is 5.97 Å². The molecule has 0 fully saturated rings. The number of fused-ring (bicyclic) bond motifs is 1. The van der Waals surface area contributed by atoms with E-state index < -0.39 is 12.0 Å². The fourth-order valence-corrected chi connectivity index (χ4v) is 5.20. The molecule has 1 aliphatic heterocycles. The highest BCUT2D eigenvalue weighted by atomic mass is 35.5. The number of carbonyl (C=O) groups is 1. The minimum Gasteiger partial charge on any atom is -0.496 e. The van der Waals surface area contributed by atoms with Gasteiger partial charge in [0.05, 0.1) is 29.5 Å². The summed E-state index contributed by atoms with van der Waals surface area (Å²) in [6.07, 6.45) is 1.71. The maximum Gasteiger partial charge on any atom is 0.338 e. The van der Waals surface area contributed by atoms with Crippen molar-refractivity contribution in [2.24, 2.45) is 4.99 Å². The molecular formula is C24H20Cl2N2O4S. The first-order valence-electron chi connectivity index (χ1n) is 10.1. The lowest BCUT2D eigenvalue weighted by molar-refractivity contribution is -0.139. The lowest BCUT2D eigenvalue weighted by atomic mass is 9.96. The molecule has 0 bridgehead atoms. The molecule has 3 aromatic rings. The molecule has 0 N–H and O–H groups in total. The van der Waals surface area contributed by atoms with Crippen LogP contribution in [-0.4, -0.2) is 24.3 Å². The van der Waals surface area contributed by atoms with E-state index in [1.807, 2.05) is 6.07 Å². The summed E-state index contributed by atoms with van der Waals surface area (Å²) < 4.78 is 12.6. The smallest absolute Gasteiger partial charge is 0.338 e. The van der Waals surface area contributed by atoms with Crippen molar-refractivity contribution in [3.05, 3.63) is 94.6 Å². The van der Waals surface area contributed by atoms with Crippen molar-refractivity contribution in [3.8, 4) is 5.75 Å². The maximum absolute atomic E-state index is 13.6. The fraction of sp³-hybridized carbons (Fsp3) is 0.208. The number of ether oxygens (including phenoxy) is 2. The summed E-state index contributed by atoms with van der Waals surface area (Å²) in [6, 6.07) is 11.5. The van der Waals surface area contributed by atoms with Gasteiger partial charge in [-0.3, -0.25) is 9.36 Å². The van der Waals surface area contributed by atoms with E-state index in [-0.39, 0.29) is 17.7 Å². The Balaban J connectivity index is 2.00. The van der Waals surface area contributed by atoms with Gasteiger partial charge in [0, 0.05) is 15.6 Å². The van der Waals surface area contributed by atoms with Gasteiger partial charge < -0.3 is 9.47 Å². The standard InChI is InChI=1S/C24H20Cl2N2O4S/c1-4-32-23(30)20-13(2)27-24-28(21(20)16-7-5-6-8-17(16)26)22(29)19(33-24)12-14-11-15(25)9-10-18(14)31-3/h5-12,21H,4H2,1-3H3/b19-12-/t21-/m0/s1. The minimum atomic E-state index is -0.766. The third-order valence-corrected chi connectivity index (χ3v) is 6.76. The number of esters is 1. The molecule has 0 aliphatic carbocycles. The van der Waals surface area contributed by atoms with Crippen LogP contribution in [0.5, 0.6) is 5.75 Å². The lowest BCUT2D eigenvalue weighted by Crippen LogP contribution is -2.40. The average Bonchev–Trinajstić information content (AvgIpc) is 3.08. The molecule has 0 spiro atoms. The third kappa shape index (κ3) is 4.36. The van der Waals surface area contributed by atoms with Gasteiger partial charge in [0.2, 0.25) is 0 Å². The molecule has 170 valence electrons. The normalized spacial score (nSPS) is 15.8. The molecule has 2 aromatic carbocycles. The van der Waals surface area contributed by atoms with Crippen molar-refractivity contribution in [2.75, 3.05) is 13.7 Å². The summed E-state index contributed by atoms with van der Waals surface area (Å²) >= 11 is 13.9. The number of halogens is 2. The predicted molar refractivity (Wildman–Crippen MR) is 130 cm³/mol. The molecule has 0 saturated heterocycles. The van der Waals surface area contributed by atoms with Gasteiger partial charge in [-0.05, 0) is 49.8 Å². The van der Waals surface area contributed by atoms with Crippen LogP contribution >= 0.6 is 34.5 Å². The van der Waals surface area contributed by atoms with Crippen LogP contribution in [0.3, 0.4) is 0 Å². The molecule has 6 nitrogen and oxygen atoms in total. The van der Waals surface area contributed by atoms with Gasteiger partial charge in [0.1, 0.15) is 11.8 Å². The summed E-state index contributed by atoms with van der Waals surface area (Å²) in [5, 5.41) is 0.953. The Bertz CT molecular complexity index is 1460. The first kappa shape index (κ1) is 23.3. The van der Waals surface area contributed by atoms with Crippen LogP contribution in [0.2, 0.25) is 10.0 Å². The van der Waals surface area contributed by atoms with Crippen molar-refractivity contribution in [2.45, 2.75) is 19.9 Å². The Hall–Kier alpha value is -2.87. The molecule has 0 amide bonds. The zero-order chi connectivity index (χ0) is 23.7. The lowest BCUT2D eigenvalue weighted by Gasteiger charge is -2.25. The number of hydrogen-bond acceptors (Lipinski definition) is 6. The second-order valence-corrected chi connectivity index (χ2v) is 9.06. The number of allylic oxidation sites excluding steroid dienone is 1. The van der Waals surface area contributed by atoms with Crippen molar-refractivity contribution < 1.29 is 14.3 Å². The predicted octanol–water partition coefficient (Wildman–Crippen LogP) is 4.11. The van der Waals surface area contributed by atoms with Gasteiger partial charge in [0.25, 0.3) is 5.56 Å². The number of nitrogens with zero attached hydrogens (tertiary/aromatic N) is 2. The van der Waals surface area contributed by atoms with Crippen molar-refractivity contribution in [1.82, 2.24) is 4.57 Å². The van der Waals surface area contributed by atoms with Crippen molar-refractivity contribution >= 4 is 46.6 Å². The molecule has 1 aromatic heterocycles. The van der Waals surface area contributed by atoms with Gasteiger partial charge in [-0.2, -0.15) is 0 Å². The van der Waals surface area contributed by atoms with Gasteiger partial charge in [-0.15, -0.1) is 0 Å². The first-order valence-corrected chi connectivity index (χ1v) is 11.7. The molecule has 9 heteroatoms. The number of rotatable bonds is 5. The zero-order valence-corrected chi connectivity index (χ0v) is 20.4. The summed E-state index contributed by atoms with van der Waals surface area (Å²) in [5.41, 5.74) is 1.73. The van der Waals surface area contributed by atoms with Crippen molar-refractivity contribution in [1.29, 1.82) is 0 Å². The Kier molecular flexibility index (Phi) is 6.74. The van der Waals surface area contributed by atoms with Gasteiger partial charge in [-0.25, -0.2) is 9.79 Å². The van der Waals surface area contributed by atoms with Crippen LogP contribution < -0.4 is 19.6 Å². The second-order valence-electron chi connectivity index (χ2n) is 7.21. The molecule has 0 radical (unpaired) electrons. The van der Waals surface area contributed by atoms with E-state index in [9.17, 15) is 9.59 Å². The van der Waals surface area contributed by atoms with Crippen LogP contribution in [0.25, 0.3) is 6.08 Å². The van der Waals surface area contributed by atoms with E-state index >= 15 is 0 Å². The van der Waals surface area contributed by atoms with Gasteiger partial charge in [-0.1, -0.05) is 52.7 Å². The topological polar surface area (TPSA) is 69.9 Å². The Labute approximate surface area is 204 Å². The Morgan fingerprint density at radius 1 is 1.24 bits per heavy atom. The summed E-state index contributed by atoms with van der Waals surface area (Å²) in [5.74, 6) is 0.0470. The van der Waals surface area contributed by atoms with Crippen LogP contribution in [0.15, 0.2) is 63.5 Å². The first-order chi connectivity index (χ1) is 15.8. The van der Waals surface area contributed by atoms with E-state index in [2.05, 4.69) is 4.99 Å². The van der Waals surface area contributed by atoms with Crippen molar-refractivity contribution in [3.63, 3.8) is 0 Å². The van der Waals surface area contributed by atoms with Crippen LogP contribution in [0.1, 0.15) is 31.0 Å². The SMILES string of the molecule is CCOC(=O)C1=C(C)N=c2s/c(=C\c3cc(Cl)ccc3OC)c(=O)n2[C@H]1c1ccccc1Cl. The number of thiazole rings is 1. The van der Waals surface area contributed by atoms with E-state index in [4.69, 9.17) is 32.7 Å². The second kappa shape index (κ2) is 9.55. The van der Waals surface area contributed by atoms with Crippen LogP contribution in [0.4, 0.5) is 0 Å². The zero-order valence-electron chi connectivity index (χ0n) is 18.1. The molecule has 33 heavy (non-hydrogen) atoms. The summed E-state index contributed by atoms with van der Waals surface area (Å²) in [7, 11) is 1.55. The number of aromatic nitrogens is 1. The molecule has 2 heterocycles. The molecular weight excluding hydrogens is 483 g/mol. The van der Waals surface area contributed by atoms with Crippen LogP contribution in [-0.2, 0) is 9.53 Å². The van der Waals surface area contributed by atoms with E-state index in [0.29, 0.717) is 42.0 Å².